The lowest BCUT2D eigenvalue weighted by Crippen LogP contribution is -2.27. The third-order valence-electron chi connectivity index (χ3n) is 3.17. The summed E-state index contributed by atoms with van der Waals surface area (Å²) in [6.45, 7) is 0. The number of nitrogens with one attached hydrogen (secondary N) is 2. The van der Waals surface area contributed by atoms with Gasteiger partial charge in [0.25, 0.3) is 0 Å². The van der Waals surface area contributed by atoms with Crippen molar-refractivity contribution in [1.29, 1.82) is 0 Å². The molecular formula is C12H11ClN2O2. The largest absolute Gasteiger partial charge is 0.373 e. The number of halogens is 1. The van der Waals surface area contributed by atoms with E-state index < -0.39 is 6.23 Å². The minimum absolute atomic E-state index is 0.126. The standard InChI is InChI=1S/C12H11ClN2O2/c13-6-1-2-10-7(3-6)9(5-14-10)8-4-11(16)15-12(8)17/h1-3,5,8,12,14,17H,4H2,(H,15,16). The van der Waals surface area contributed by atoms with E-state index in [4.69, 9.17) is 11.6 Å². The number of H-pyrrole nitrogens is 1. The van der Waals surface area contributed by atoms with Crippen molar-refractivity contribution < 1.29 is 9.90 Å². The van der Waals surface area contributed by atoms with Gasteiger partial charge in [-0.15, -0.1) is 0 Å². The molecule has 1 fully saturated rings. The zero-order valence-electron chi connectivity index (χ0n) is 8.90. The van der Waals surface area contributed by atoms with E-state index in [2.05, 4.69) is 10.3 Å². The molecule has 2 aromatic rings. The highest BCUT2D eigenvalue weighted by atomic mass is 35.5. The molecule has 2 unspecified atom stereocenters. The number of aromatic nitrogens is 1. The summed E-state index contributed by atoms with van der Waals surface area (Å²) in [4.78, 5) is 14.4. The van der Waals surface area contributed by atoms with Gasteiger partial charge in [-0.25, -0.2) is 0 Å². The van der Waals surface area contributed by atoms with Crippen molar-refractivity contribution in [3.63, 3.8) is 0 Å². The Balaban J connectivity index is 2.11. The van der Waals surface area contributed by atoms with Crippen molar-refractivity contribution >= 4 is 28.4 Å². The summed E-state index contributed by atoms with van der Waals surface area (Å²) in [6, 6.07) is 5.54. The molecule has 0 bridgehead atoms. The zero-order valence-corrected chi connectivity index (χ0v) is 9.66. The Morgan fingerprint density at radius 1 is 1.41 bits per heavy atom. The maximum absolute atomic E-state index is 11.3. The molecule has 5 heteroatoms. The number of carbonyl (C=O) groups is 1. The molecule has 3 N–H and O–H groups in total. The van der Waals surface area contributed by atoms with Crippen LogP contribution in [0, 0.1) is 0 Å². The van der Waals surface area contributed by atoms with Crippen LogP contribution in [0.25, 0.3) is 10.9 Å². The highest BCUT2D eigenvalue weighted by Gasteiger charge is 2.33. The Kier molecular flexibility index (Phi) is 2.34. The predicted octanol–water partition coefficient (Wildman–Crippen LogP) is 1.74. The predicted molar refractivity (Wildman–Crippen MR) is 64.8 cm³/mol. The van der Waals surface area contributed by atoms with Gasteiger partial charge in [-0.05, 0) is 23.8 Å². The highest BCUT2D eigenvalue weighted by molar-refractivity contribution is 6.31. The van der Waals surface area contributed by atoms with Crippen LogP contribution in [-0.2, 0) is 4.79 Å². The fourth-order valence-corrected chi connectivity index (χ4v) is 2.51. The molecule has 1 aliphatic heterocycles. The SMILES string of the molecule is O=C1CC(c2c[nH]c3ccc(Cl)cc23)C(O)N1. The number of hydrogen-bond acceptors (Lipinski definition) is 2. The van der Waals surface area contributed by atoms with Crippen LogP contribution in [-0.4, -0.2) is 22.2 Å². The van der Waals surface area contributed by atoms with Gasteiger partial charge in [-0.3, -0.25) is 4.79 Å². The third kappa shape index (κ3) is 1.69. The normalized spacial score (nSPS) is 24.2. The van der Waals surface area contributed by atoms with Crippen LogP contribution >= 0.6 is 11.6 Å². The van der Waals surface area contributed by atoms with Crippen molar-refractivity contribution in [2.24, 2.45) is 0 Å². The topological polar surface area (TPSA) is 65.1 Å². The summed E-state index contributed by atoms with van der Waals surface area (Å²) < 4.78 is 0. The number of carbonyl (C=O) groups excluding carboxylic acids is 1. The monoisotopic (exact) mass is 250 g/mol. The number of aliphatic hydroxyl groups excluding tert-OH is 1. The average molecular weight is 251 g/mol. The Morgan fingerprint density at radius 3 is 2.94 bits per heavy atom. The highest BCUT2D eigenvalue weighted by Crippen LogP contribution is 2.33. The van der Waals surface area contributed by atoms with Crippen molar-refractivity contribution in [3.8, 4) is 0 Å². The van der Waals surface area contributed by atoms with Crippen LogP contribution in [0.3, 0.4) is 0 Å². The molecule has 3 rings (SSSR count). The number of benzene rings is 1. The summed E-state index contributed by atoms with van der Waals surface area (Å²) in [5.74, 6) is -0.339. The van der Waals surface area contributed by atoms with Crippen molar-refractivity contribution in [2.45, 2.75) is 18.6 Å². The van der Waals surface area contributed by atoms with Gasteiger partial charge >= 0.3 is 0 Å². The molecule has 1 amide bonds. The lowest BCUT2D eigenvalue weighted by Gasteiger charge is -2.12. The first-order chi connectivity index (χ1) is 8.15. The van der Waals surface area contributed by atoms with Crippen LogP contribution < -0.4 is 5.32 Å². The van der Waals surface area contributed by atoms with E-state index in [-0.39, 0.29) is 11.8 Å². The van der Waals surface area contributed by atoms with Crippen molar-refractivity contribution in [2.75, 3.05) is 0 Å². The van der Waals surface area contributed by atoms with E-state index in [0.717, 1.165) is 16.5 Å². The van der Waals surface area contributed by atoms with Crippen LogP contribution in [0.4, 0.5) is 0 Å². The van der Waals surface area contributed by atoms with Gasteiger partial charge in [0.05, 0.1) is 0 Å². The number of amides is 1. The van der Waals surface area contributed by atoms with E-state index in [0.29, 0.717) is 11.4 Å². The van der Waals surface area contributed by atoms with E-state index >= 15 is 0 Å². The second-order valence-electron chi connectivity index (χ2n) is 4.26. The zero-order chi connectivity index (χ0) is 12.0. The van der Waals surface area contributed by atoms with E-state index in [9.17, 15) is 9.90 Å². The molecular weight excluding hydrogens is 240 g/mol. The van der Waals surface area contributed by atoms with Gasteiger partial charge in [0.15, 0.2) is 0 Å². The average Bonchev–Trinajstić information content (AvgIpc) is 2.81. The van der Waals surface area contributed by atoms with E-state index in [1.165, 1.54) is 0 Å². The van der Waals surface area contributed by atoms with Crippen LogP contribution in [0.1, 0.15) is 17.9 Å². The molecule has 4 nitrogen and oxygen atoms in total. The first-order valence-electron chi connectivity index (χ1n) is 5.39. The van der Waals surface area contributed by atoms with Gasteiger partial charge in [0, 0.05) is 34.5 Å². The molecule has 0 aliphatic carbocycles. The number of rotatable bonds is 1. The van der Waals surface area contributed by atoms with Crippen LogP contribution in [0.2, 0.25) is 5.02 Å². The Hall–Kier alpha value is -1.52. The fourth-order valence-electron chi connectivity index (χ4n) is 2.34. The Labute approximate surface area is 103 Å². The molecule has 1 aromatic carbocycles. The van der Waals surface area contributed by atoms with Gasteiger partial charge < -0.3 is 15.4 Å². The summed E-state index contributed by atoms with van der Waals surface area (Å²) in [5.41, 5.74) is 1.88. The molecule has 1 aromatic heterocycles. The first kappa shape index (κ1) is 10.6. The maximum atomic E-state index is 11.3. The molecule has 1 saturated heterocycles. The molecule has 17 heavy (non-hydrogen) atoms. The summed E-state index contributed by atoms with van der Waals surface area (Å²) in [5, 5.41) is 13.9. The van der Waals surface area contributed by atoms with E-state index in [1.807, 2.05) is 18.3 Å². The third-order valence-corrected chi connectivity index (χ3v) is 3.41. The number of fused-ring (bicyclic) bond motifs is 1. The lowest BCUT2D eigenvalue weighted by atomic mass is 9.96. The number of aromatic amines is 1. The fraction of sp³-hybridized carbons (Fsp3) is 0.250. The minimum atomic E-state index is -0.819. The number of aliphatic hydroxyl groups is 1. The van der Waals surface area contributed by atoms with Gasteiger partial charge in [0.1, 0.15) is 6.23 Å². The Morgan fingerprint density at radius 2 is 2.24 bits per heavy atom. The van der Waals surface area contributed by atoms with Gasteiger partial charge in [0.2, 0.25) is 5.91 Å². The Bertz CT molecular complexity index is 593. The molecule has 88 valence electrons. The summed E-state index contributed by atoms with van der Waals surface area (Å²) in [7, 11) is 0. The molecule has 2 heterocycles. The molecule has 0 radical (unpaired) electrons. The van der Waals surface area contributed by atoms with Crippen LogP contribution in [0.5, 0.6) is 0 Å². The summed E-state index contributed by atoms with van der Waals surface area (Å²) >= 11 is 5.96. The maximum Gasteiger partial charge on any atom is 0.222 e. The smallest absolute Gasteiger partial charge is 0.222 e. The quantitative estimate of drug-likeness (QED) is 0.722. The second kappa shape index (κ2) is 3.75. The van der Waals surface area contributed by atoms with Gasteiger partial charge in [-0.1, -0.05) is 11.6 Å². The molecule has 0 spiro atoms. The van der Waals surface area contributed by atoms with Crippen molar-refractivity contribution in [1.82, 2.24) is 10.3 Å². The first-order valence-corrected chi connectivity index (χ1v) is 5.77. The minimum Gasteiger partial charge on any atom is -0.373 e. The second-order valence-corrected chi connectivity index (χ2v) is 4.69. The number of hydrogen-bond donors (Lipinski definition) is 3. The molecule has 1 aliphatic rings. The van der Waals surface area contributed by atoms with Gasteiger partial charge in [-0.2, -0.15) is 0 Å². The molecule has 2 atom stereocenters. The van der Waals surface area contributed by atoms with Crippen LogP contribution in [0.15, 0.2) is 24.4 Å². The van der Waals surface area contributed by atoms with E-state index in [1.54, 1.807) is 6.07 Å². The summed E-state index contributed by atoms with van der Waals surface area (Å²) in [6.07, 6.45) is 1.32. The van der Waals surface area contributed by atoms with Crippen molar-refractivity contribution in [3.05, 3.63) is 35.0 Å². The lowest BCUT2D eigenvalue weighted by molar-refractivity contribution is -0.120. The molecule has 0 saturated carbocycles.